The maximum Gasteiger partial charge on any atom is -0.00754 e. The summed E-state index contributed by atoms with van der Waals surface area (Å²) in [5.74, 6) is 1.48. The van der Waals surface area contributed by atoms with Crippen LogP contribution in [0.2, 0.25) is 0 Å². The van der Waals surface area contributed by atoms with Crippen molar-refractivity contribution in [2.24, 2.45) is 11.8 Å². The first-order chi connectivity index (χ1) is 6.75. The van der Waals surface area contributed by atoms with E-state index in [9.17, 15) is 0 Å². The van der Waals surface area contributed by atoms with E-state index < -0.39 is 0 Å². The van der Waals surface area contributed by atoms with E-state index in [1.54, 1.807) is 11.1 Å². The van der Waals surface area contributed by atoms with Gasteiger partial charge in [0.15, 0.2) is 0 Å². The molecular weight excluding hydrogens is 168 g/mol. The van der Waals surface area contributed by atoms with Crippen molar-refractivity contribution in [3.63, 3.8) is 0 Å². The Bertz CT molecular complexity index is 240. The molecule has 2 aliphatic rings. The van der Waals surface area contributed by atoms with Gasteiger partial charge in [0.1, 0.15) is 0 Å². The molecule has 0 fully saturated rings. The summed E-state index contributed by atoms with van der Waals surface area (Å²) in [4.78, 5) is 0. The molecule has 0 nitrogen and oxygen atoms in total. The van der Waals surface area contributed by atoms with Gasteiger partial charge in [0.25, 0.3) is 0 Å². The molecule has 0 bridgehead atoms. The van der Waals surface area contributed by atoms with Gasteiger partial charge in [-0.25, -0.2) is 0 Å². The third-order valence-corrected chi connectivity index (χ3v) is 2.75. The van der Waals surface area contributed by atoms with Gasteiger partial charge in [-0.1, -0.05) is 52.0 Å². The third kappa shape index (κ3) is 2.60. The lowest BCUT2D eigenvalue weighted by Crippen LogP contribution is -1.86. The zero-order valence-electron chi connectivity index (χ0n) is 9.88. The van der Waals surface area contributed by atoms with Crippen molar-refractivity contribution in [3.05, 3.63) is 35.5 Å². The predicted molar refractivity (Wildman–Crippen MR) is 64.2 cm³/mol. The summed E-state index contributed by atoms with van der Waals surface area (Å²) in [6, 6.07) is 0. The lowest BCUT2D eigenvalue weighted by Gasteiger charge is -2.00. The molecule has 0 aromatic carbocycles. The van der Waals surface area contributed by atoms with Crippen LogP contribution in [0.4, 0.5) is 0 Å². The fourth-order valence-electron chi connectivity index (χ4n) is 2.04. The lowest BCUT2D eigenvalue weighted by atomic mass is 10.1. The number of hydrogen-bond donors (Lipinski definition) is 0. The third-order valence-electron chi connectivity index (χ3n) is 2.75. The van der Waals surface area contributed by atoms with Crippen LogP contribution >= 0.6 is 0 Å². The van der Waals surface area contributed by atoms with E-state index in [-0.39, 0.29) is 0 Å². The molecule has 2 aliphatic carbocycles. The monoisotopic (exact) mass is 190 g/mol. The zero-order valence-corrected chi connectivity index (χ0v) is 9.88. The standard InChI is InChI=1S/C12H16.C2H6/c1-9-3-5-11-7-10(2)8-12(11)6-4-9;1-2/h3-6,9-10H,7-8H2,1-2H3;1-2H3. The van der Waals surface area contributed by atoms with Gasteiger partial charge in [-0.05, 0) is 35.8 Å². The van der Waals surface area contributed by atoms with E-state index in [1.165, 1.54) is 12.8 Å². The van der Waals surface area contributed by atoms with Crippen molar-refractivity contribution in [1.29, 1.82) is 0 Å². The second-order valence-electron chi connectivity index (χ2n) is 4.14. The Hall–Kier alpha value is -0.780. The molecule has 0 aliphatic heterocycles. The Balaban J connectivity index is 0.000000461. The molecule has 0 heteroatoms. The molecular formula is C14H22. The zero-order chi connectivity index (χ0) is 10.6. The fraction of sp³-hybridized carbons (Fsp3) is 0.571. The molecule has 0 aromatic rings. The largest absolute Gasteiger partial charge is 0.0776 e. The van der Waals surface area contributed by atoms with Crippen LogP contribution in [0, 0.1) is 11.8 Å². The first kappa shape index (κ1) is 11.3. The van der Waals surface area contributed by atoms with Gasteiger partial charge in [0, 0.05) is 0 Å². The Kier molecular flexibility index (Phi) is 4.19. The first-order valence-electron chi connectivity index (χ1n) is 5.84. The second-order valence-corrected chi connectivity index (χ2v) is 4.14. The van der Waals surface area contributed by atoms with Gasteiger partial charge in [-0.15, -0.1) is 0 Å². The van der Waals surface area contributed by atoms with Crippen LogP contribution in [0.15, 0.2) is 35.5 Å². The summed E-state index contributed by atoms with van der Waals surface area (Å²) in [6.07, 6.45) is 11.8. The van der Waals surface area contributed by atoms with E-state index in [0.717, 1.165) is 5.92 Å². The summed E-state index contributed by atoms with van der Waals surface area (Å²) in [5.41, 5.74) is 3.14. The van der Waals surface area contributed by atoms with Gasteiger partial charge >= 0.3 is 0 Å². The summed E-state index contributed by atoms with van der Waals surface area (Å²) >= 11 is 0. The highest BCUT2D eigenvalue weighted by molar-refractivity contribution is 5.40. The molecule has 14 heavy (non-hydrogen) atoms. The second kappa shape index (κ2) is 5.19. The summed E-state index contributed by atoms with van der Waals surface area (Å²) in [7, 11) is 0. The number of hydrogen-bond acceptors (Lipinski definition) is 0. The molecule has 0 atom stereocenters. The van der Waals surface area contributed by atoms with Crippen LogP contribution in [-0.4, -0.2) is 0 Å². The lowest BCUT2D eigenvalue weighted by molar-refractivity contribution is 0.625. The van der Waals surface area contributed by atoms with Crippen molar-refractivity contribution in [3.8, 4) is 0 Å². The quantitative estimate of drug-likeness (QED) is 0.527. The van der Waals surface area contributed by atoms with E-state index in [2.05, 4.69) is 38.2 Å². The molecule has 0 radical (unpaired) electrons. The highest BCUT2D eigenvalue weighted by Crippen LogP contribution is 2.34. The minimum absolute atomic E-state index is 0.617. The minimum Gasteiger partial charge on any atom is -0.0776 e. The van der Waals surface area contributed by atoms with E-state index in [1.807, 2.05) is 13.8 Å². The summed E-state index contributed by atoms with van der Waals surface area (Å²) in [6.45, 7) is 8.57. The van der Waals surface area contributed by atoms with Crippen molar-refractivity contribution >= 4 is 0 Å². The van der Waals surface area contributed by atoms with Gasteiger partial charge in [-0.2, -0.15) is 0 Å². The number of allylic oxidation sites excluding steroid dienone is 6. The first-order valence-corrected chi connectivity index (χ1v) is 5.84. The molecule has 78 valence electrons. The van der Waals surface area contributed by atoms with Gasteiger partial charge in [-0.3, -0.25) is 0 Å². The van der Waals surface area contributed by atoms with E-state index >= 15 is 0 Å². The average molecular weight is 190 g/mol. The molecule has 0 saturated heterocycles. The fourth-order valence-corrected chi connectivity index (χ4v) is 2.04. The van der Waals surface area contributed by atoms with E-state index in [4.69, 9.17) is 0 Å². The van der Waals surface area contributed by atoms with Crippen LogP contribution in [-0.2, 0) is 0 Å². The maximum absolute atomic E-state index is 2.33. The molecule has 0 unspecified atom stereocenters. The smallest absolute Gasteiger partial charge is 0.00754 e. The van der Waals surface area contributed by atoms with Gasteiger partial charge in [0.2, 0.25) is 0 Å². The van der Waals surface area contributed by atoms with Crippen molar-refractivity contribution in [1.82, 2.24) is 0 Å². The Morgan fingerprint density at radius 3 is 1.79 bits per heavy atom. The predicted octanol–water partition coefficient (Wildman–Crippen LogP) is 4.50. The normalized spacial score (nSPS) is 21.7. The average Bonchev–Trinajstić information content (AvgIpc) is 2.47. The number of rotatable bonds is 0. The van der Waals surface area contributed by atoms with Gasteiger partial charge < -0.3 is 0 Å². The Morgan fingerprint density at radius 2 is 1.36 bits per heavy atom. The van der Waals surface area contributed by atoms with Gasteiger partial charge in [0.05, 0.1) is 0 Å². The van der Waals surface area contributed by atoms with Crippen LogP contribution in [0.1, 0.15) is 40.5 Å². The molecule has 0 spiro atoms. The minimum atomic E-state index is 0.617. The molecule has 2 rings (SSSR count). The highest BCUT2D eigenvalue weighted by atomic mass is 14.2. The Labute approximate surface area is 88.4 Å². The van der Waals surface area contributed by atoms with Crippen molar-refractivity contribution in [2.75, 3.05) is 0 Å². The molecule has 0 N–H and O–H groups in total. The Morgan fingerprint density at radius 1 is 0.929 bits per heavy atom. The van der Waals surface area contributed by atoms with Crippen LogP contribution in [0.3, 0.4) is 0 Å². The van der Waals surface area contributed by atoms with Crippen LogP contribution in [0.5, 0.6) is 0 Å². The van der Waals surface area contributed by atoms with Crippen molar-refractivity contribution < 1.29 is 0 Å². The van der Waals surface area contributed by atoms with Crippen LogP contribution < -0.4 is 0 Å². The molecule has 0 saturated carbocycles. The van der Waals surface area contributed by atoms with E-state index in [0.29, 0.717) is 5.92 Å². The SMILES string of the molecule is CC.CC1C=CC2=C(C=C1)CC(C)C2. The summed E-state index contributed by atoms with van der Waals surface area (Å²) in [5, 5.41) is 0. The highest BCUT2D eigenvalue weighted by Gasteiger charge is 2.18. The molecule has 0 heterocycles. The summed E-state index contributed by atoms with van der Waals surface area (Å²) < 4.78 is 0. The van der Waals surface area contributed by atoms with Crippen molar-refractivity contribution in [2.45, 2.75) is 40.5 Å². The molecule has 0 aromatic heterocycles. The molecule has 0 amide bonds. The maximum atomic E-state index is 2.33. The topological polar surface area (TPSA) is 0 Å². The van der Waals surface area contributed by atoms with Crippen LogP contribution in [0.25, 0.3) is 0 Å².